The molecule has 0 aliphatic rings. The lowest BCUT2D eigenvalue weighted by Crippen LogP contribution is -2.21. The molecular formula is C18H27O3-. The van der Waals surface area contributed by atoms with Crippen molar-refractivity contribution in [1.29, 1.82) is 0 Å². The second-order valence-electron chi connectivity index (χ2n) is 4.82. The minimum absolute atomic E-state index is 0.145. The van der Waals surface area contributed by atoms with E-state index in [0.29, 0.717) is 12.8 Å². The van der Waals surface area contributed by atoms with Crippen LogP contribution in [0.3, 0.4) is 0 Å². The summed E-state index contributed by atoms with van der Waals surface area (Å²) in [4.78, 5) is 10.2. The second kappa shape index (κ2) is 14.8. The maximum atomic E-state index is 10.2. The first-order chi connectivity index (χ1) is 10.2. The molecule has 0 spiro atoms. The molecule has 0 aromatic heterocycles. The molecule has 118 valence electrons. The number of allylic oxidation sites excluding steroid dienone is 6. The average Bonchev–Trinajstić information content (AvgIpc) is 2.45. The molecule has 3 heteroatoms. The van der Waals surface area contributed by atoms with Gasteiger partial charge in [0.15, 0.2) is 0 Å². The summed E-state index contributed by atoms with van der Waals surface area (Å²) in [6, 6.07) is 0. The zero-order valence-corrected chi connectivity index (χ0v) is 12.9. The Balaban J connectivity index is 3.56. The highest BCUT2D eigenvalue weighted by atomic mass is 16.4. The van der Waals surface area contributed by atoms with Gasteiger partial charge >= 0.3 is 0 Å². The molecule has 0 bridgehead atoms. The van der Waals surface area contributed by atoms with Crippen LogP contribution in [0.25, 0.3) is 0 Å². The second-order valence-corrected chi connectivity index (χ2v) is 4.82. The fraction of sp³-hybridized carbons (Fsp3) is 0.500. The van der Waals surface area contributed by atoms with Crippen LogP contribution in [0.15, 0.2) is 48.6 Å². The molecule has 0 saturated heterocycles. The number of carbonyl (C=O) groups is 1. The highest BCUT2D eigenvalue weighted by Crippen LogP contribution is 2.02. The van der Waals surface area contributed by atoms with E-state index in [1.54, 1.807) is 6.08 Å². The molecule has 0 aliphatic carbocycles. The number of carbonyl (C=O) groups excluding carboxylic acids is 1. The number of unbranched alkanes of at least 4 members (excludes halogenated alkanes) is 2. The summed E-state index contributed by atoms with van der Waals surface area (Å²) in [5.74, 6) is -0.972. The van der Waals surface area contributed by atoms with Crippen LogP contribution >= 0.6 is 0 Å². The van der Waals surface area contributed by atoms with Crippen molar-refractivity contribution >= 4 is 5.97 Å². The number of aliphatic hydroxyl groups is 1. The molecule has 21 heavy (non-hydrogen) atoms. The summed E-state index contributed by atoms with van der Waals surface area (Å²) in [7, 11) is 0. The predicted molar refractivity (Wildman–Crippen MR) is 85.6 cm³/mol. The van der Waals surface area contributed by atoms with Crippen LogP contribution in [0.5, 0.6) is 0 Å². The summed E-state index contributed by atoms with van der Waals surface area (Å²) in [5, 5.41) is 19.8. The number of hydrogen-bond donors (Lipinski definition) is 1. The quantitative estimate of drug-likeness (QED) is 0.341. The summed E-state index contributed by atoms with van der Waals surface area (Å²) in [6.45, 7) is 2.07. The van der Waals surface area contributed by atoms with Crippen molar-refractivity contribution in [2.45, 2.75) is 58.0 Å². The van der Waals surface area contributed by atoms with Crippen LogP contribution in [-0.2, 0) is 4.79 Å². The van der Waals surface area contributed by atoms with Gasteiger partial charge in [0.2, 0.25) is 0 Å². The van der Waals surface area contributed by atoms with Crippen LogP contribution in [0, 0.1) is 0 Å². The number of carboxylic acid groups (broad SMARTS) is 1. The molecule has 0 rings (SSSR count). The summed E-state index contributed by atoms with van der Waals surface area (Å²) in [5.41, 5.74) is 0. The van der Waals surface area contributed by atoms with E-state index in [0.717, 1.165) is 25.7 Å². The third-order valence-electron chi connectivity index (χ3n) is 2.80. The molecule has 0 amide bonds. The Morgan fingerprint density at radius 3 is 2.57 bits per heavy atom. The van der Waals surface area contributed by atoms with Crippen LogP contribution in [0.2, 0.25) is 0 Å². The number of hydrogen-bond acceptors (Lipinski definition) is 3. The lowest BCUT2D eigenvalue weighted by Gasteiger charge is -1.99. The Labute approximate surface area is 128 Å². The van der Waals surface area contributed by atoms with Crippen LogP contribution in [0.1, 0.15) is 51.9 Å². The molecule has 3 nitrogen and oxygen atoms in total. The summed E-state index contributed by atoms with van der Waals surface area (Å²) in [6.07, 6.45) is 20.4. The Hall–Kier alpha value is -1.61. The fourth-order valence-corrected chi connectivity index (χ4v) is 1.64. The molecule has 0 aromatic carbocycles. The molecule has 0 heterocycles. The fourth-order valence-electron chi connectivity index (χ4n) is 1.64. The zero-order valence-electron chi connectivity index (χ0n) is 12.9. The van der Waals surface area contributed by atoms with E-state index in [9.17, 15) is 15.0 Å². The molecular weight excluding hydrogens is 264 g/mol. The van der Waals surface area contributed by atoms with Gasteiger partial charge in [-0.2, -0.15) is 0 Å². The lowest BCUT2D eigenvalue weighted by molar-refractivity contribution is -0.305. The standard InChI is InChI=1S/C18H28O3/c1-2-3-4-11-14-17(19)15-12-9-7-5-6-8-10-13-16-18(20)21/h3-6,9,11-12,14,17,19H,2,7-8,10,13,15-16H2,1H3,(H,20,21)/p-1/b4-3-,6-5-,12-9-,14-11+. The van der Waals surface area contributed by atoms with Crippen molar-refractivity contribution in [1.82, 2.24) is 0 Å². The molecule has 0 saturated carbocycles. The van der Waals surface area contributed by atoms with Gasteiger partial charge in [0.25, 0.3) is 0 Å². The van der Waals surface area contributed by atoms with Crippen molar-refractivity contribution in [2.75, 3.05) is 0 Å². The number of aliphatic hydroxyl groups excluding tert-OH is 1. The van der Waals surface area contributed by atoms with Crippen LogP contribution in [0.4, 0.5) is 0 Å². The largest absolute Gasteiger partial charge is 0.550 e. The molecule has 1 N–H and O–H groups in total. The number of rotatable bonds is 12. The molecule has 0 fully saturated rings. The molecule has 1 atom stereocenters. The average molecular weight is 291 g/mol. The SMILES string of the molecule is CC/C=C\C=C\C(O)C/C=C\C/C=C\CCCCC(=O)[O-]. The van der Waals surface area contributed by atoms with Gasteiger partial charge < -0.3 is 15.0 Å². The Kier molecular flexibility index (Phi) is 13.7. The normalized spacial score (nSPS) is 14.0. The molecule has 0 aliphatic heterocycles. The van der Waals surface area contributed by atoms with Crippen molar-refractivity contribution in [3.8, 4) is 0 Å². The first-order valence-corrected chi connectivity index (χ1v) is 7.68. The minimum Gasteiger partial charge on any atom is -0.550 e. The number of carboxylic acids is 1. The predicted octanol–water partition coefficient (Wildman–Crippen LogP) is 3.07. The van der Waals surface area contributed by atoms with Gasteiger partial charge in [-0.15, -0.1) is 0 Å². The van der Waals surface area contributed by atoms with Gasteiger partial charge in [0.1, 0.15) is 0 Å². The van der Waals surface area contributed by atoms with Gasteiger partial charge in [-0.3, -0.25) is 0 Å². The number of aliphatic carboxylic acids is 1. The smallest absolute Gasteiger partial charge is 0.0758 e. The summed E-state index contributed by atoms with van der Waals surface area (Å²) < 4.78 is 0. The van der Waals surface area contributed by atoms with Crippen LogP contribution in [-0.4, -0.2) is 17.2 Å². The van der Waals surface area contributed by atoms with Gasteiger partial charge in [-0.1, -0.05) is 55.5 Å². The van der Waals surface area contributed by atoms with E-state index < -0.39 is 12.1 Å². The van der Waals surface area contributed by atoms with Crippen molar-refractivity contribution in [3.05, 3.63) is 48.6 Å². The maximum absolute atomic E-state index is 10.2. The monoisotopic (exact) mass is 291 g/mol. The topological polar surface area (TPSA) is 60.4 Å². The van der Waals surface area contributed by atoms with Crippen molar-refractivity contribution in [3.63, 3.8) is 0 Å². The van der Waals surface area contributed by atoms with Gasteiger partial charge in [0.05, 0.1) is 6.10 Å². The molecule has 0 radical (unpaired) electrons. The van der Waals surface area contributed by atoms with Crippen molar-refractivity contribution in [2.24, 2.45) is 0 Å². The van der Waals surface area contributed by atoms with E-state index in [1.165, 1.54) is 0 Å². The Morgan fingerprint density at radius 2 is 1.86 bits per heavy atom. The van der Waals surface area contributed by atoms with E-state index >= 15 is 0 Å². The molecule has 0 aromatic rings. The Bertz CT molecular complexity index is 365. The summed E-state index contributed by atoms with van der Waals surface area (Å²) >= 11 is 0. The molecule has 1 unspecified atom stereocenters. The highest BCUT2D eigenvalue weighted by Gasteiger charge is 1.92. The maximum Gasteiger partial charge on any atom is 0.0758 e. The Morgan fingerprint density at radius 1 is 1.10 bits per heavy atom. The third-order valence-corrected chi connectivity index (χ3v) is 2.80. The van der Waals surface area contributed by atoms with E-state index in [-0.39, 0.29) is 6.42 Å². The third kappa shape index (κ3) is 16.3. The first kappa shape index (κ1) is 19.4. The lowest BCUT2D eigenvalue weighted by atomic mass is 10.1. The van der Waals surface area contributed by atoms with Gasteiger partial charge in [-0.25, -0.2) is 0 Å². The minimum atomic E-state index is -0.972. The van der Waals surface area contributed by atoms with Crippen molar-refractivity contribution < 1.29 is 15.0 Å². The first-order valence-electron chi connectivity index (χ1n) is 7.68. The van der Waals surface area contributed by atoms with E-state index in [2.05, 4.69) is 19.1 Å². The van der Waals surface area contributed by atoms with E-state index in [1.807, 2.05) is 30.4 Å². The van der Waals surface area contributed by atoms with Gasteiger partial charge in [0, 0.05) is 5.97 Å². The van der Waals surface area contributed by atoms with Gasteiger partial charge in [-0.05, 0) is 44.9 Å². The highest BCUT2D eigenvalue weighted by molar-refractivity contribution is 5.64. The zero-order chi connectivity index (χ0) is 15.8. The van der Waals surface area contributed by atoms with Crippen LogP contribution < -0.4 is 5.11 Å². The van der Waals surface area contributed by atoms with E-state index in [4.69, 9.17) is 0 Å².